The number of hydrogen-bond donors (Lipinski definition) is 3. The van der Waals surface area contributed by atoms with Crippen LogP contribution in [0.5, 0.6) is 0 Å². The van der Waals surface area contributed by atoms with Gasteiger partial charge in [0, 0.05) is 18.3 Å². The van der Waals surface area contributed by atoms with E-state index < -0.39 is 6.03 Å². The van der Waals surface area contributed by atoms with Crippen LogP contribution < -0.4 is 16.4 Å². The fraction of sp³-hybridized carbons (Fsp3) is 0.200. The van der Waals surface area contributed by atoms with Crippen molar-refractivity contribution in [2.45, 2.75) is 26.3 Å². The van der Waals surface area contributed by atoms with Gasteiger partial charge in [0.1, 0.15) is 0 Å². The van der Waals surface area contributed by atoms with Gasteiger partial charge in [-0.05, 0) is 43.0 Å². The van der Waals surface area contributed by atoms with Crippen LogP contribution in [0.2, 0.25) is 0 Å². The molecule has 0 saturated heterocycles. The molecule has 0 atom stereocenters. The number of urea groups is 1. The van der Waals surface area contributed by atoms with Gasteiger partial charge in [-0.15, -0.1) is 0 Å². The third-order valence-corrected chi connectivity index (χ3v) is 3.72. The van der Waals surface area contributed by atoms with Gasteiger partial charge in [-0.1, -0.05) is 48.0 Å². The number of benzene rings is 2. The van der Waals surface area contributed by atoms with Crippen molar-refractivity contribution in [1.82, 2.24) is 5.32 Å². The van der Waals surface area contributed by atoms with Gasteiger partial charge < -0.3 is 16.4 Å². The minimum absolute atomic E-state index is 0.107. The number of allylic oxidation sites excluding steroid dienone is 1. The largest absolute Gasteiger partial charge is 0.351 e. The van der Waals surface area contributed by atoms with Gasteiger partial charge in [0.25, 0.3) is 0 Å². The summed E-state index contributed by atoms with van der Waals surface area (Å²) < 4.78 is 0. The summed E-state index contributed by atoms with van der Waals surface area (Å²) in [5.41, 5.74) is 8.93. The molecule has 0 aliphatic heterocycles. The van der Waals surface area contributed by atoms with E-state index in [-0.39, 0.29) is 5.91 Å². The molecule has 0 fully saturated rings. The van der Waals surface area contributed by atoms with E-state index in [2.05, 4.69) is 22.8 Å². The van der Waals surface area contributed by atoms with E-state index in [1.165, 1.54) is 5.56 Å². The third-order valence-electron chi connectivity index (χ3n) is 3.72. The zero-order valence-electron chi connectivity index (χ0n) is 14.3. The Morgan fingerprint density at radius 3 is 2.32 bits per heavy atom. The van der Waals surface area contributed by atoms with Crippen LogP contribution in [0.4, 0.5) is 10.5 Å². The summed E-state index contributed by atoms with van der Waals surface area (Å²) in [6.07, 6.45) is 3.42. The van der Waals surface area contributed by atoms with E-state index in [9.17, 15) is 9.59 Å². The first kappa shape index (κ1) is 18.3. The molecule has 2 aromatic carbocycles. The number of anilines is 1. The Labute approximate surface area is 147 Å². The highest BCUT2D eigenvalue weighted by Gasteiger charge is 2.01. The van der Waals surface area contributed by atoms with E-state index in [0.29, 0.717) is 12.2 Å². The van der Waals surface area contributed by atoms with Crippen LogP contribution in [0.15, 0.2) is 66.2 Å². The SMILES string of the molecule is C/C(=C/C(=O)NCc1ccc(NC(N)=O)cc1)CCc1ccccc1. The molecule has 25 heavy (non-hydrogen) atoms. The number of primary amides is 1. The number of amides is 3. The first-order valence-corrected chi connectivity index (χ1v) is 8.17. The van der Waals surface area contributed by atoms with Crippen LogP contribution in [0, 0.1) is 0 Å². The normalized spacial score (nSPS) is 11.0. The molecule has 5 heteroatoms. The van der Waals surface area contributed by atoms with Crippen LogP contribution in [0.25, 0.3) is 0 Å². The van der Waals surface area contributed by atoms with Crippen molar-refractivity contribution in [2.24, 2.45) is 5.73 Å². The highest BCUT2D eigenvalue weighted by molar-refractivity contribution is 5.88. The van der Waals surface area contributed by atoms with Gasteiger partial charge in [-0.25, -0.2) is 4.79 Å². The summed E-state index contributed by atoms with van der Waals surface area (Å²) >= 11 is 0. The lowest BCUT2D eigenvalue weighted by molar-refractivity contribution is -0.116. The second-order valence-corrected chi connectivity index (χ2v) is 5.88. The highest BCUT2D eigenvalue weighted by Crippen LogP contribution is 2.10. The molecule has 0 bridgehead atoms. The molecule has 4 N–H and O–H groups in total. The number of nitrogens with two attached hydrogens (primary N) is 1. The lowest BCUT2D eigenvalue weighted by atomic mass is 10.1. The lowest BCUT2D eigenvalue weighted by Gasteiger charge is -2.06. The van der Waals surface area contributed by atoms with Crippen molar-refractivity contribution in [1.29, 1.82) is 0 Å². The Morgan fingerprint density at radius 1 is 1.00 bits per heavy atom. The van der Waals surface area contributed by atoms with Crippen LogP contribution >= 0.6 is 0 Å². The molecule has 0 saturated carbocycles. The average molecular weight is 337 g/mol. The Kier molecular flexibility index (Phi) is 6.77. The maximum atomic E-state index is 12.0. The zero-order valence-corrected chi connectivity index (χ0v) is 14.3. The van der Waals surface area contributed by atoms with Gasteiger partial charge in [0.05, 0.1) is 0 Å². The summed E-state index contributed by atoms with van der Waals surface area (Å²) in [4.78, 5) is 22.8. The quantitative estimate of drug-likeness (QED) is 0.677. The minimum Gasteiger partial charge on any atom is -0.351 e. The first-order chi connectivity index (χ1) is 12.0. The van der Waals surface area contributed by atoms with E-state index >= 15 is 0 Å². The molecule has 2 aromatic rings. The molecule has 0 spiro atoms. The van der Waals surface area contributed by atoms with E-state index in [0.717, 1.165) is 24.0 Å². The lowest BCUT2D eigenvalue weighted by Crippen LogP contribution is -2.21. The highest BCUT2D eigenvalue weighted by atomic mass is 16.2. The van der Waals surface area contributed by atoms with Crippen molar-refractivity contribution >= 4 is 17.6 Å². The predicted molar refractivity (Wildman–Crippen MR) is 100 cm³/mol. The van der Waals surface area contributed by atoms with E-state index in [1.807, 2.05) is 37.3 Å². The summed E-state index contributed by atoms with van der Waals surface area (Å²) in [5, 5.41) is 5.35. The smallest absolute Gasteiger partial charge is 0.316 e. The first-order valence-electron chi connectivity index (χ1n) is 8.17. The number of nitrogens with one attached hydrogen (secondary N) is 2. The van der Waals surface area contributed by atoms with Gasteiger partial charge in [0.2, 0.25) is 5.91 Å². The number of carbonyl (C=O) groups is 2. The molecule has 0 unspecified atom stereocenters. The van der Waals surface area contributed by atoms with Gasteiger partial charge >= 0.3 is 6.03 Å². The maximum Gasteiger partial charge on any atom is 0.316 e. The second kappa shape index (κ2) is 9.27. The number of rotatable bonds is 7. The van der Waals surface area contributed by atoms with E-state index in [4.69, 9.17) is 5.73 Å². The number of carbonyl (C=O) groups excluding carboxylic acids is 2. The monoisotopic (exact) mass is 337 g/mol. The van der Waals surface area contributed by atoms with Crippen LogP contribution in [-0.2, 0) is 17.8 Å². The van der Waals surface area contributed by atoms with Gasteiger partial charge in [-0.2, -0.15) is 0 Å². The standard InChI is InChI=1S/C20H23N3O2/c1-15(7-8-16-5-3-2-4-6-16)13-19(24)22-14-17-9-11-18(12-10-17)23-20(21)25/h2-6,9-13H,7-8,14H2,1H3,(H,22,24)(H3,21,23,25)/b15-13-. The molecule has 2 rings (SSSR count). The van der Waals surface area contributed by atoms with Gasteiger partial charge in [-0.3, -0.25) is 4.79 Å². The molecular weight excluding hydrogens is 314 g/mol. The molecule has 130 valence electrons. The van der Waals surface area contributed by atoms with Crippen LogP contribution in [0.1, 0.15) is 24.5 Å². The fourth-order valence-electron chi connectivity index (χ4n) is 2.37. The van der Waals surface area contributed by atoms with Crippen molar-refractivity contribution in [3.63, 3.8) is 0 Å². The molecule has 0 heterocycles. The number of aryl methyl sites for hydroxylation is 1. The molecule has 0 aromatic heterocycles. The Balaban J connectivity index is 1.78. The van der Waals surface area contributed by atoms with Crippen molar-refractivity contribution in [2.75, 3.05) is 5.32 Å². The second-order valence-electron chi connectivity index (χ2n) is 5.88. The summed E-state index contributed by atoms with van der Waals surface area (Å²) in [5.74, 6) is -0.107. The van der Waals surface area contributed by atoms with Crippen molar-refractivity contribution in [3.8, 4) is 0 Å². The Hall–Kier alpha value is -3.08. The van der Waals surface area contributed by atoms with E-state index in [1.54, 1.807) is 18.2 Å². The third kappa shape index (κ3) is 6.91. The molecular formula is C20H23N3O2. The fourth-order valence-corrected chi connectivity index (χ4v) is 2.37. The topological polar surface area (TPSA) is 84.2 Å². The summed E-state index contributed by atoms with van der Waals surface area (Å²) in [6.45, 7) is 2.39. The average Bonchev–Trinajstić information content (AvgIpc) is 2.60. The molecule has 0 aliphatic carbocycles. The Bertz CT molecular complexity index is 737. The van der Waals surface area contributed by atoms with Crippen molar-refractivity contribution < 1.29 is 9.59 Å². The van der Waals surface area contributed by atoms with Crippen LogP contribution in [0.3, 0.4) is 0 Å². The van der Waals surface area contributed by atoms with Gasteiger partial charge in [0.15, 0.2) is 0 Å². The Morgan fingerprint density at radius 2 is 1.68 bits per heavy atom. The minimum atomic E-state index is -0.600. The van der Waals surface area contributed by atoms with Crippen LogP contribution in [-0.4, -0.2) is 11.9 Å². The van der Waals surface area contributed by atoms with Crippen molar-refractivity contribution in [3.05, 3.63) is 77.4 Å². The molecule has 3 amide bonds. The number of hydrogen-bond acceptors (Lipinski definition) is 2. The zero-order chi connectivity index (χ0) is 18.1. The molecule has 0 radical (unpaired) electrons. The predicted octanol–water partition coefficient (Wildman–Crippen LogP) is 3.37. The molecule has 5 nitrogen and oxygen atoms in total. The summed E-state index contributed by atoms with van der Waals surface area (Å²) in [7, 11) is 0. The maximum absolute atomic E-state index is 12.0. The summed E-state index contributed by atoms with van der Waals surface area (Å²) in [6, 6.07) is 16.8. The molecule has 0 aliphatic rings.